The number of benzene rings is 2. The highest BCUT2D eigenvalue weighted by atomic mass is 35.5. The fourth-order valence-electron chi connectivity index (χ4n) is 4.40. The lowest BCUT2D eigenvalue weighted by Gasteiger charge is -2.32. The highest BCUT2D eigenvalue weighted by Gasteiger charge is 2.35. The van der Waals surface area contributed by atoms with Gasteiger partial charge in [-0.25, -0.2) is 0 Å². The van der Waals surface area contributed by atoms with Gasteiger partial charge in [0.15, 0.2) is 0 Å². The van der Waals surface area contributed by atoms with Crippen LogP contribution in [0, 0.1) is 11.8 Å². The molecule has 0 radical (unpaired) electrons. The predicted molar refractivity (Wildman–Crippen MR) is 132 cm³/mol. The van der Waals surface area contributed by atoms with E-state index >= 15 is 0 Å². The molecule has 0 unspecified atom stereocenters. The molecule has 0 atom stereocenters. The molecule has 2 aromatic carbocycles. The second kappa shape index (κ2) is 11.5. The summed E-state index contributed by atoms with van der Waals surface area (Å²) in [6.07, 6.45) is 0.505. The molecular formula is C27H30ClF3O5. The Balaban J connectivity index is 0.00000361. The maximum absolute atomic E-state index is 13.5. The van der Waals surface area contributed by atoms with E-state index in [0.717, 1.165) is 42.9 Å². The maximum Gasteiger partial charge on any atom is 0.419 e. The molecule has 36 heavy (non-hydrogen) atoms. The van der Waals surface area contributed by atoms with Gasteiger partial charge in [0.1, 0.15) is 30.5 Å². The minimum absolute atomic E-state index is 0. The molecule has 196 valence electrons. The van der Waals surface area contributed by atoms with Crippen molar-refractivity contribution in [2.45, 2.75) is 58.4 Å². The Labute approximate surface area is 214 Å². The van der Waals surface area contributed by atoms with Crippen molar-refractivity contribution in [3.8, 4) is 17.2 Å². The van der Waals surface area contributed by atoms with Crippen molar-refractivity contribution in [3.63, 3.8) is 0 Å². The van der Waals surface area contributed by atoms with Gasteiger partial charge in [0.2, 0.25) is 0 Å². The number of halogens is 4. The number of carboxylic acids is 1. The molecule has 1 N–H and O–H groups in total. The van der Waals surface area contributed by atoms with Gasteiger partial charge in [0.05, 0.1) is 17.6 Å². The topological polar surface area (TPSA) is 65.0 Å². The Morgan fingerprint density at radius 3 is 2.58 bits per heavy atom. The summed E-state index contributed by atoms with van der Waals surface area (Å²) in [6, 6.07) is 9.34. The summed E-state index contributed by atoms with van der Waals surface area (Å²) in [7, 11) is 0. The predicted octanol–water partition coefficient (Wildman–Crippen LogP) is 7.16. The van der Waals surface area contributed by atoms with Gasteiger partial charge in [0, 0.05) is 11.6 Å². The monoisotopic (exact) mass is 526 g/mol. The second-order valence-electron chi connectivity index (χ2n) is 9.49. The number of hydrogen-bond acceptors (Lipinski definition) is 4. The van der Waals surface area contributed by atoms with E-state index in [0.29, 0.717) is 29.6 Å². The number of carbonyl (C=O) groups is 1. The van der Waals surface area contributed by atoms with Gasteiger partial charge in [-0.05, 0) is 86.9 Å². The zero-order valence-corrected chi connectivity index (χ0v) is 21.0. The number of rotatable bonds is 9. The van der Waals surface area contributed by atoms with Gasteiger partial charge in [-0.3, -0.25) is 4.79 Å². The lowest BCUT2D eigenvalue weighted by molar-refractivity contribution is -0.146. The van der Waals surface area contributed by atoms with Crippen LogP contribution in [0.5, 0.6) is 17.2 Å². The third kappa shape index (κ3) is 6.87. The molecule has 0 saturated heterocycles. The summed E-state index contributed by atoms with van der Waals surface area (Å²) in [4.78, 5) is 10.9. The molecule has 0 bridgehead atoms. The molecular weight excluding hydrogens is 497 g/mol. The van der Waals surface area contributed by atoms with E-state index in [-0.39, 0.29) is 36.8 Å². The van der Waals surface area contributed by atoms with E-state index in [4.69, 9.17) is 19.3 Å². The van der Waals surface area contributed by atoms with Gasteiger partial charge in [-0.2, -0.15) is 13.2 Å². The van der Waals surface area contributed by atoms with Gasteiger partial charge in [-0.15, -0.1) is 12.4 Å². The van der Waals surface area contributed by atoms with Crippen molar-refractivity contribution >= 4 is 24.5 Å². The molecule has 2 aromatic rings. The first-order valence-electron chi connectivity index (χ1n) is 11.8. The summed E-state index contributed by atoms with van der Waals surface area (Å²) in [5.41, 5.74) is 1.65. The molecule has 0 amide bonds. The van der Waals surface area contributed by atoms with Crippen molar-refractivity contribution in [1.82, 2.24) is 0 Å². The molecule has 0 aromatic heterocycles. The largest absolute Gasteiger partial charge is 0.490 e. The first-order valence-corrected chi connectivity index (χ1v) is 11.8. The molecule has 5 nitrogen and oxygen atoms in total. The number of hydrogen-bond donors (Lipinski definition) is 1. The normalized spacial score (nSPS) is 18.8. The van der Waals surface area contributed by atoms with Crippen LogP contribution in [0.1, 0.15) is 56.2 Å². The average molecular weight is 527 g/mol. The van der Waals surface area contributed by atoms with Crippen LogP contribution in [0.15, 0.2) is 42.0 Å². The maximum atomic E-state index is 13.5. The lowest BCUT2D eigenvalue weighted by Crippen LogP contribution is -2.30. The molecule has 4 rings (SSSR count). The van der Waals surface area contributed by atoms with E-state index in [1.165, 1.54) is 6.07 Å². The van der Waals surface area contributed by atoms with Crippen LogP contribution in [-0.4, -0.2) is 23.8 Å². The number of ether oxygens (including phenoxy) is 3. The SMILES string of the molecule is CC(C)Oc1ccc(COc2ccc3c(c2)OCC(CCC2CC(C(=O)O)C2)=C3)cc1C(F)(F)F.Cl. The zero-order chi connectivity index (χ0) is 25.2. The van der Waals surface area contributed by atoms with Crippen LogP contribution < -0.4 is 14.2 Å². The molecule has 1 aliphatic heterocycles. The quantitative estimate of drug-likeness (QED) is 0.375. The molecule has 1 heterocycles. The van der Waals surface area contributed by atoms with Gasteiger partial charge in [-0.1, -0.05) is 6.07 Å². The van der Waals surface area contributed by atoms with Crippen LogP contribution in [0.2, 0.25) is 0 Å². The van der Waals surface area contributed by atoms with Crippen LogP contribution in [0.4, 0.5) is 13.2 Å². The van der Waals surface area contributed by atoms with Crippen molar-refractivity contribution in [3.05, 3.63) is 58.7 Å². The van der Waals surface area contributed by atoms with Crippen molar-refractivity contribution in [2.75, 3.05) is 6.61 Å². The van der Waals surface area contributed by atoms with E-state index in [2.05, 4.69) is 6.08 Å². The van der Waals surface area contributed by atoms with Gasteiger partial charge >= 0.3 is 12.1 Å². The minimum atomic E-state index is -4.53. The Morgan fingerprint density at radius 2 is 1.92 bits per heavy atom. The third-order valence-corrected chi connectivity index (χ3v) is 6.33. The van der Waals surface area contributed by atoms with Crippen molar-refractivity contribution in [2.24, 2.45) is 11.8 Å². The first-order chi connectivity index (χ1) is 16.6. The minimum Gasteiger partial charge on any atom is -0.490 e. The summed E-state index contributed by atoms with van der Waals surface area (Å²) >= 11 is 0. The Hall–Kier alpha value is -2.87. The van der Waals surface area contributed by atoms with Crippen LogP contribution in [-0.2, 0) is 17.6 Å². The Morgan fingerprint density at radius 1 is 1.17 bits per heavy atom. The standard InChI is InChI=1S/C27H29F3O5.ClH/c1-16(2)35-24-8-5-19(12-23(24)27(28,29)30)14-33-22-7-6-20-11-18(15-34-25(20)13-22)4-3-17-9-21(10-17)26(31)32;/h5-8,11-13,16-17,21H,3-4,9-10,14-15H2,1-2H3,(H,31,32);1H. The molecule has 2 aliphatic rings. The third-order valence-electron chi connectivity index (χ3n) is 6.33. The molecule has 9 heteroatoms. The summed E-state index contributed by atoms with van der Waals surface area (Å²) in [5, 5.41) is 8.99. The van der Waals surface area contributed by atoms with E-state index in [1.54, 1.807) is 32.0 Å². The molecule has 1 aliphatic carbocycles. The highest BCUT2D eigenvalue weighted by molar-refractivity contribution is 5.85. The number of carboxylic acid groups (broad SMARTS) is 1. The number of alkyl halides is 3. The molecule has 1 saturated carbocycles. The first kappa shape index (κ1) is 27.7. The van der Waals surface area contributed by atoms with Crippen LogP contribution >= 0.6 is 12.4 Å². The Bertz CT molecular complexity index is 1110. The Kier molecular flexibility index (Phi) is 8.82. The molecule has 1 fully saturated rings. The fourth-order valence-corrected chi connectivity index (χ4v) is 4.40. The molecule has 0 spiro atoms. The van der Waals surface area contributed by atoms with Gasteiger partial charge in [0.25, 0.3) is 0 Å². The lowest BCUT2D eigenvalue weighted by atomic mass is 9.72. The number of fused-ring (bicyclic) bond motifs is 1. The number of aliphatic carboxylic acids is 1. The van der Waals surface area contributed by atoms with Crippen molar-refractivity contribution < 1.29 is 37.3 Å². The summed E-state index contributed by atoms with van der Waals surface area (Å²) in [6.45, 7) is 3.79. The second-order valence-corrected chi connectivity index (χ2v) is 9.49. The van der Waals surface area contributed by atoms with E-state index < -0.39 is 17.7 Å². The summed E-state index contributed by atoms with van der Waals surface area (Å²) < 4.78 is 57.3. The van der Waals surface area contributed by atoms with Crippen molar-refractivity contribution in [1.29, 1.82) is 0 Å². The van der Waals surface area contributed by atoms with E-state index in [1.807, 2.05) is 6.07 Å². The average Bonchev–Trinajstić information content (AvgIpc) is 2.75. The smallest absolute Gasteiger partial charge is 0.419 e. The van der Waals surface area contributed by atoms with Crippen LogP contribution in [0.3, 0.4) is 0 Å². The van der Waals surface area contributed by atoms with E-state index in [9.17, 15) is 18.0 Å². The summed E-state index contributed by atoms with van der Waals surface area (Å²) in [5.74, 6) is 0.537. The highest BCUT2D eigenvalue weighted by Crippen LogP contribution is 2.40. The fraction of sp³-hybridized carbons (Fsp3) is 0.444. The van der Waals surface area contributed by atoms with Gasteiger partial charge < -0.3 is 19.3 Å². The van der Waals surface area contributed by atoms with Crippen LogP contribution in [0.25, 0.3) is 6.08 Å². The zero-order valence-electron chi connectivity index (χ0n) is 20.1.